The molecule has 1 rings (SSSR count). The van der Waals surface area contributed by atoms with Crippen LogP contribution in [0.25, 0.3) is 0 Å². The maximum atomic E-state index is 11.7. The summed E-state index contributed by atoms with van der Waals surface area (Å²) in [6, 6.07) is 3.05. The lowest BCUT2D eigenvalue weighted by molar-refractivity contribution is -0.385. The van der Waals surface area contributed by atoms with Crippen LogP contribution in [0.4, 0.5) is 11.4 Å². The van der Waals surface area contributed by atoms with E-state index in [4.69, 9.17) is 4.74 Å². The average molecular weight is 331 g/mol. The highest BCUT2D eigenvalue weighted by molar-refractivity contribution is 9.10. The van der Waals surface area contributed by atoms with Gasteiger partial charge in [-0.2, -0.15) is 0 Å². The molecule has 1 amide bonds. The smallest absolute Gasteiger partial charge is 0.275 e. The maximum absolute atomic E-state index is 11.7. The molecule has 1 aromatic carbocycles. The SMILES string of the molecule is CCOCCC(=O)Nc1cc(Br)cc([N+](=O)[O-])c1C. The minimum Gasteiger partial charge on any atom is -0.381 e. The third-order valence-electron chi connectivity index (χ3n) is 2.49. The highest BCUT2D eigenvalue weighted by Crippen LogP contribution is 2.30. The number of hydrogen-bond acceptors (Lipinski definition) is 4. The zero-order chi connectivity index (χ0) is 14.4. The number of benzene rings is 1. The molecule has 0 unspecified atom stereocenters. The minimum atomic E-state index is -0.476. The summed E-state index contributed by atoms with van der Waals surface area (Å²) in [5.41, 5.74) is 0.829. The first-order valence-electron chi connectivity index (χ1n) is 5.77. The van der Waals surface area contributed by atoms with E-state index < -0.39 is 4.92 Å². The molecule has 0 aliphatic rings. The monoisotopic (exact) mass is 330 g/mol. The summed E-state index contributed by atoms with van der Waals surface area (Å²) >= 11 is 3.19. The molecule has 1 N–H and O–H groups in total. The van der Waals surface area contributed by atoms with Gasteiger partial charge >= 0.3 is 0 Å². The number of hydrogen-bond donors (Lipinski definition) is 1. The van der Waals surface area contributed by atoms with Gasteiger partial charge in [0.25, 0.3) is 5.69 Å². The molecule has 0 spiro atoms. The van der Waals surface area contributed by atoms with Crippen molar-refractivity contribution in [2.75, 3.05) is 18.5 Å². The third-order valence-corrected chi connectivity index (χ3v) is 2.95. The number of halogens is 1. The van der Waals surface area contributed by atoms with E-state index in [1.54, 1.807) is 13.0 Å². The summed E-state index contributed by atoms with van der Waals surface area (Å²) in [5.74, 6) is -0.232. The highest BCUT2D eigenvalue weighted by Gasteiger charge is 2.16. The number of ether oxygens (including phenoxy) is 1. The second kappa shape index (κ2) is 7.20. The second-order valence-corrected chi connectivity index (χ2v) is 4.77. The Hall–Kier alpha value is -1.47. The van der Waals surface area contributed by atoms with E-state index in [0.717, 1.165) is 0 Å². The topological polar surface area (TPSA) is 81.5 Å². The Kier molecular flexibility index (Phi) is 5.91. The number of carbonyl (C=O) groups excluding carboxylic acids is 1. The maximum Gasteiger partial charge on any atom is 0.275 e. The molecule has 0 heterocycles. The normalized spacial score (nSPS) is 10.3. The van der Waals surface area contributed by atoms with Crippen molar-refractivity contribution in [1.82, 2.24) is 0 Å². The molecular formula is C12H15BrN2O4. The quantitative estimate of drug-likeness (QED) is 0.493. The van der Waals surface area contributed by atoms with Crippen LogP contribution in [0.1, 0.15) is 18.9 Å². The Morgan fingerprint density at radius 3 is 2.79 bits per heavy atom. The first-order valence-corrected chi connectivity index (χ1v) is 6.57. The Morgan fingerprint density at radius 1 is 1.53 bits per heavy atom. The molecule has 0 aromatic heterocycles. The van der Waals surface area contributed by atoms with Crippen LogP contribution in [-0.4, -0.2) is 24.0 Å². The van der Waals surface area contributed by atoms with Gasteiger partial charge in [-0.3, -0.25) is 14.9 Å². The van der Waals surface area contributed by atoms with Crippen LogP contribution >= 0.6 is 15.9 Å². The van der Waals surface area contributed by atoms with Crippen LogP contribution in [-0.2, 0) is 9.53 Å². The van der Waals surface area contributed by atoms with Crippen LogP contribution < -0.4 is 5.32 Å². The molecule has 0 bridgehead atoms. The molecule has 0 atom stereocenters. The van der Waals surface area contributed by atoms with Crippen LogP contribution in [0.15, 0.2) is 16.6 Å². The molecule has 0 saturated heterocycles. The molecule has 0 fully saturated rings. The van der Waals surface area contributed by atoms with Crippen LogP contribution in [0.5, 0.6) is 0 Å². The molecule has 1 aromatic rings. The number of nitro benzene ring substituents is 1. The third kappa shape index (κ3) is 4.60. The van der Waals surface area contributed by atoms with Gasteiger partial charge in [0.1, 0.15) is 0 Å². The van der Waals surface area contributed by atoms with E-state index in [2.05, 4.69) is 21.2 Å². The van der Waals surface area contributed by atoms with Crippen molar-refractivity contribution in [1.29, 1.82) is 0 Å². The van der Waals surface area contributed by atoms with Crippen molar-refractivity contribution in [3.8, 4) is 0 Å². The number of nitro groups is 1. The number of nitrogens with zero attached hydrogens (tertiary/aromatic N) is 1. The fourth-order valence-electron chi connectivity index (χ4n) is 1.51. The summed E-state index contributed by atoms with van der Waals surface area (Å²) in [4.78, 5) is 22.1. The van der Waals surface area contributed by atoms with Gasteiger partial charge in [-0.25, -0.2) is 0 Å². The van der Waals surface area contributed by atoms with Gasteiger partial charge in [-0.15, -0.1) is 0 Å². The van der Waals surface area contributed by atoms with E-state index in [9.17, 15) is 14.9 Å². The zero-order valence-electron chi connectivity index (χ0n) is 10.7. The zero-order valence-corrected chi connectivity index (χ0v) is 12.3. The molecule has 0 saturated carbocycles. The van der Waals surface area contributed by atoms with E-state index in [1.807, 2.05) is 6.92 Å². The molecule has 104 valence electrons. The van der Waals surface area contributed by atoms with Gasteiger partial charge in [0.15, 0.2) is 0 Å². The predicted octanol–water partition coefficient (Wildman–Crippen LogP) is 3.03. The van der Waals surface area contributed by atoms with E-state index >= 15 is 0 Å². The van der Waals surface area contributed by atoms with Crippen molar-refractivity contribution < 1.29 is 14.5 Å². The van der Waals surface area contributed by atoms with Crippen LogP contribution in [0.3, 0.4) is 0 Å². The lowest BCUT2D eigenvalue weighted by atomic mass is 10.1. The van der Waals surface area contributed by atoms with Crippen molar-refractivity contribution in [3.63, 3.8) is 0 Å². The summed E-state index contributed by atoms with van der Waals surface area (Å²) in [7, 11) is 0. The van der Waals surface area contributed by atoms with Gasteiger partial charge in [0, 0.05) is 17.1 Å². The van der Waals surface area contributed by atoms with Gasteiger partial charge in [0.2, 0.25) is 5.91 Å². The molecule has 7 heteroatoms. The Bertz CT molecular complexity index is 491. The first-order chi connectivity index (χ1) is 8.95. The number of amides is 1. The highest BCUT2D eigenvalue weighted by atomic mass is 79.9. The molecule has 0 radical (unpaired) electrons. The Morgan fingerprint density at radius 2 is 2.21 bits per heavy atom. The lowest BCUT2D eigenvalue weighted by Gasteiger charge is -2.09. The molecule has 6 nitrogen and oxygen atoms in total. The van der Waals surface area contributed by atoms with Gasteiger partial charge in [-0.05, 0) is 19.9 Å². The predicted molar refractivity (Wildman–Crippen MR) is 75.3 cm³/mol. The van der Waals surface area contributed by atoms with Gasteiger partial charge in [-0.1, -0.05) is 15.9 Å². The fourth-order valence-corrected chi connectivity index (χ4v) is 1.95. The molecule has 0 aliphatic carbocycles. The summed E-state index contributed by atoms with van der Waals surface area (Å²) in [6.45, 7) is 4.33. The van der Waals surface area contributed by atoms with Crippen molar-refractivity contribution >= 4 is 33.2 Å². The summed E-state index contributed by atoms with van der Waals surface area (Å²) in [6.07, 6.45) is 0.216. The van der Waals surface area contributed by atoms with Crippen molar-refractivity contribution in [2.24, 2.45) is 0 Å². The van der Waals surface area contributed by atoms with Gasteiger partial charge in [0.05, 0.1) is 29.2 Å². The van der Waals surface area contributed by atoms with Crippen molar-refractivity contribution in [2.45, 2.75) is 20.3 Å². The van der Waals surface area contributed by atoms with Crippen LogP contribution in [0.2, 0.25) is 0 Å². The number of rotatable bonds is 6. The van der Waals surface area contributed by atoms with Crippen LogP contribution in [0, 0.1) is 17.0 Å². The lowest BCUT2D eigenvalue weighted by Crippen LogP contribution is -2.15. The number of anilines is 1. The fraction of sp³-hybridized carbons (Fsp3) is 0.417. The Labute approximate surface area is 119 Å². The standard InChI is InChI=1S/C12H15BrN2O4/c1-3-19-5-4-12(16)14-10-6-9(13)7-11(8(10)2)15(17)18/h6-7H,3-5H2,1-2H3,(H,14,16). The first kappa shape index (κ1) is 15.6. The summed E-state index contributed by atoms with van der Waals surface area (Å²) < 4.78 is 5.63. The molecular weight excluding hydrogens is 316 g/mol. The largest absolute Gasteiger partial charge is 0.381 e. The number of nitrogens with one attached hydrogen (secondary N) is 1. The average Bonchev–Trinajstić information content (AvgIpc) is 2.33. The van der Waals surface area contributed by atoms with E-state index in [0.29, 0.717) is 28.9 Å². The molecule has 0 aliphatic heterocycles. The second-order valence-electron chi connectivity index (χ2n) is 3.85. The van der Waals surface area contributed by atoms with Gasteiger partial charge < -0.3 is 10.1 Å². The van der Waals surface area contributed by atoms with E-state index in [1.165, 1.54) is 6.07 Å². The summed E-state index contributed by atoms with van der Waals surface area (Å²) in [5, 5.41) is 13.5. The Balaban J connectivity index is 2.83. The molecule has 19 heavy (non-hydrogen) atoms. The minimum absolute atomic E-state index is 0.0329. The number of carbonyl (C=O) groups is 1. The van der Waals surface area contributed by atoms with E-state index in [-0.39, 0.29) is 18.0 Å². The van der Waals surface area contributed by atoms with Crippen molar-refractivity contribution in [3.05, 3.63) is 32.3 Å².